The molecule has 0 bridgehead atoms. The molecule has 66 valence electrons. The van der Waals surface area contributed by atoms with Crippen LogP contribution in [0, 0.1) is 0 Å². The summed E-state index contributed by atoms with van der Waals surface area (Å²) < 4.78 is 10.4. The van der Waals surface area contributed by atoms with Crippen molar-refractivity contribution in [2.45, 2.75) is 18.8 Å². The van der Waals surface area contributed by atoms with Crippen molar-refractivity contribution in [3.63, 3.8) is 0 Å². The molecule has 5 nitrogen and oxygen atoms in total. The van der Waals surface area contributed by atoms with Gasteiger partial charge in [-0.3, -0.25) is 0 Å². The van der Waals surface area contributed by atoms with Gasteiger partial charge >= 0.3 is 6.01 Å². The molecule has 1 atom stereocenters. The number of aromatic nitrogens is 2. The number of nitrogens with zero attached hydrogens (tertiary/aromatic N) is 2. The Bertz CT molecular complexity index is 255. The summed E-state index contributed by atoms with van der Waals surface area (Å²) in [6, 6.07) is 0.135. The van der Waals surface area contributed by atoms with Crippen molar-refractivity contribution < 1.29 is 9.15 Å². The van der Waals surface area contributed by atoms with E-state index in [4.69, 9.17) is 14.9 Å². The number of hydrogen-bond donors (Lipinski definition) is 1. The Labute approximate surface area is 69.9 Å². The molecule has 1 fully saturated rings. The number of anilines is 1. The third-order valence-electron chi connectivity index (χ3n) is 1.97. The Kier molecular flexibility index (Phi) is 1.95. The van der Waals surface area contributed by atoms with Crippen molar-refractivity contribution >= 4 is 6.01 Å². The van der Waals surface area contributed by atoms with Gasteiger partial charge in [0.15, 0.2) is 0 Å². The molecule has 2 rings (SSSR count). The van der Waals surface area contributed by atoms with Crippen molar-refractivity contribution in [3.05, 3.63) is 5.89 Å². The average Bonchev–Trinajstić information content (AvgIpc) is 2.54. The average molecular weight is 169 g/mol. The van der Waals surface area contributed by atoms with Crippen molar-refractivity contribution in [2.75, 3.05) is 18.9 Å². The predicted octanol–water partition coefficient (Wildman–Crippen LogP) is 0.546. The van der Waals surface area contributed by atoms with Gasteiger partial charge in [0.1, 0.15) is 0 Å². The number of hydrogen-bond acceptors (Lipinski definition) is 5. The molecule has 0 aromatic carbocycles. The van der Waals surface area contributed by atoms with Crippen LogP contribution in [0.4, 0.5) is 6.01 Å². The topological polar surface area (TPSA) is 74.2 Å². The van der Waals surface area contributed by atoms with Gasteiger partial charge in [-0.25, -0.2) is 0 Å². The maximum Gasteiger partial charge on any atom is 0.312 e. The Morgan fingerprint density at radius 3 is 2.92 bits per heavy atom. The zero-order chi connectivity index (χ0) is 8.39. The molecule has 1 aromatic rings. The highest BCUT2D eigenvalue weighted by atomic mass is 16.5. The van der Waals surface area contributed by atoms with E-state index in [2.05, 4.69) is 10.2 Å². The molecule has 2 heterocycles. The minimum Gasteiger partial charge on any atom is -0.408 e. The standard InChI is InChI=1S/C7H11N3O2/c8-7-10-9-6(12-7)5-2-1-3-11-4-5/h5H,1-4H2,(H2,8,10). The van der Waals surface area contributed by atoms with E-state index in [1.165, 1.54) is 0 Å². The van der Waals surface area contributed by atoms with Crippen molar-refractivity contribution in [1.82, 2.24) is 10.2 Å². The maximum atomic E-state index is 5.30. The van der Waals surface area contributed by atoms with E-state index in [9.17, 15) is 0 Å². The Hall–Kier alpha value is -1.10. The smallest absolute Gasteiger partial charge is 0.312 e. The van der Waals surface area contributed by atoms with Crippen LogP contribution < -0.4 is 5.73 Å². The van der Waals surface area contributed by atoms with Crippen LogP contribution in [0.2, 0.25) is 0 Å². The summed E-state index contributed by atoms with van der Waals surface area (Å²) in [5, 5.41) is 7.42. The highest BCUT2D eigenvalue weighted by Gasteiger charge is 2.21. The molecule has 1 saturated heterocycles. The Balaban J connectivity index is 2.08. The summed E-state index contributed by atoms with van der Waals surface area (Å²) in [6.45, 7) is 1.50. The number of ether oxygens (including phenoxy) is 1. The lowest BCUT2D eigenvalue weighted by Gasteiger charge is -2.18. The van der Waals surface area contributed by atoms with Crippen LogP contribution in [0.3, 0.4) is 0 Å². The second kappa shape index (κ2) is 3.10. The first-order chi connectivity index (χ1) is 5.86. The number of nitrogens with two attached hydrogens (primary N) is 1. The molecule has 2 N–H and O–H groups in total. The SMILES string of the molecule is Nc1nnc(C2CCCOC2)o1. The monoisotopic (exact) mass is 169 g/mol. The zero-order valence-corrected chi connectivity index (χ0v) is 6.69. The fraction of sp³-hybridized carbons (Fsp3) is 0.714. The van der Waals surface area contributed by atoms with Crippen LogP contribution in [-0.2, 0) is 4.74 Å². The van der Waals surface area contributed by atoms with Gasteiger partial charge in [0.2, 0.25) is 5.89 Å². The van der Waals surface area contributed by atoms with Gasteiger partial charge in [-0.15, -0.1) is 5.10 Å². The highest BCUT2D eigenvalue weighted by molar-refractivity contribution is 5.07. The third-order valence-corrected chi connectivity index (χ3v) is 1.97. The summed E-state index contributed by atoms with van der Waals surface area (Å²) in [6.07, 6.45) is 2.09. The first kappa shape index (κ1) is 7.54. The predicted molar refractivity (Wildman–Crippen MR) is 41.5 cm³/mol. The van der Waals surface area contributed by atoms with E-state index in [1.807, 2.05) is 0 Å². The molecular formula is C7H11N3O2. The van der Waals surface area contributed by atoms with Crippen LogP contribution in [0.25, 0.3) is 0 Å². The minimum absolute atomic E-state index is 0.135. The van der Waals surface area contributed by atoms with Gasteiger partial charge in [0, 0.05) is 6.61 Å². The van der Waals surface area contributed by atoms with E-state index < -0.39 is 0 Å². The van der Waals surface area contributed by atoms with Gasteiger partial charge in [0.25, 0.3) is 0 Å². The normalized spacial score (nSPS) is 24.2. The fourth-order valence-electron chi connectivity index (χ4n) is 1.35. The third kappa shape index (κ3) is 1.40. The van der Waals surface area contributed by atoms with Crippen molar-refractivity contribution in [2.24, 2.45) is 0 Å². The van der Waals surface area contributed by atoms with E-state index in [0.717, 1.165) is 19.4 Å². The van der Waals surface area contributed by atoms with Crippen LogP contribution in [-0.4, -0.2) is 23.4 Å². The summed E-state index contributed by atoms with van der Waals surface area (Å²) in [7, 11) is 0. The fourth-order valence-corrected chi connectivity index (χ4v) is 1.35. The molecular weight excluding hydrogens is 158 g/mol. The Morgan fingerprint density at radius 1 is 1.42 bits per heavy atom. The van der Waals surface area contributed by atoms with Gasteiger partial charge in [-0.05, 0) is 12.8 Å². The molecule has 0 amide bonds. The van der Waals surface area contributed by atoms with Gasteiger partial charge in [0.05, 0.1) is 12.5 Å². The van der Waals surface area contributed by atoms with Crippen molar-refractivity contribution in [1.29, 1.82) is 0 Å². The zero-order valence-electron chi connectivity index (χ0n) is 6.69. The van der Waals surface area contributed by atoms with E-state index in [-0.39, 0.29) is 11.9 Å². The molecule has 1 aliphatic rings. The summed E-state index contributed by atoms with van der Waals surface area (Å²) >= 11 is 0. The lowest BCUT2D eigenvalue weighted by atomic mass is 10.0. The Morgan fingerprint density at radius 2 is 2.33 bits per heavy atom. The first-order valence-electron chi connectivity index (χ1n) is 4.03. The van der Waals surface area contributed by atoms with Crippen molar-refractivity contribution in [3.8, 4) is 0 Å². The van der Waals surface area contributed by atoms with Crippen LogP contribution in [0.1, 0.15) is 24.7 Å². The molecule has 0 radical (unpaired) electrons. The summed E-state index contributed by atoms with van der Waals surface area (Å²) in [4.78, 5) is 0. The van der Waals surface area contributed by atoms with E-state index in [0.29, 0.717) is 12.5 Å². The number of rotatable bonds is 1. The van der Waals surface area contributed by atoms with Gasteiger partial charge < -0.3 is 14.9 Å². The quantitative estimate of drug-likeness (QED) is 0.664. The molecule has 5 heteroatoms. The molecule has 1 unspecified atom stereocenters. The lowest BCUT2D eigenvalue weighted by molar-refractivity contribution is 0.0727. The minimum atomic E-state index is 0.135. The van der Waals surface area contributed by atoms with Crippen LogP contribution in [0.5, 0.6) is 0 Å². The molecule has 0 saturated carbocycles. The molecule has 1 aromatic heterocycles. The highest BCUT2D eigenvalue weighted by Crippen LogP contribution is 2.24. The molecule has 12 heavy (non-hydrogen) atoms. The lowest BCUT2D eigenvalue weighted by Crippen LogP contribution is -2.15. The maximum absolute atomic E-state index is 5.30. The molecule has 1 aliphatic heterocycles. The van der Waals surface area contributed by atoms with Crippen LogP contribution in [0.15, 0.2) is 4.42 Å². The second-order valence-electron chi connectivity index (χ2n) is 2.89. The second-order valence-corrected chi connectivity index (χ2v) is 2.89. The number of nitrogen functional groups attached to an aromatic ring is 1. The van der Waals surface area contributed by atoms with E-state index in [1.54, 1.807) is 0 Å². The van der Waals surface area contributed by atoms with Gasteiger partial charge in [-0.1, -0.05) is 5.10 Å². The summed E-state index contributed by atoms with van der Waals surface area (Å²) in [5.74, 6) is 0.843. The molecule has 0 spiro atoms. The van der Waals surface area contributed by atoms with Gasteiger partial charge in [-0.2, -0.15) is 0 Å². The largest absolute Gasteiger partial charge is 0.408 e. The van der Waals surface area contributed by atoms with E-state index >= 15 is 0 Å². The summed E-state index contributed by atoms with van der Waals surface area (Å²) in [5.41, 5.74) is 5.30. The first-order valence-corrected chi connectivity index (χ1v) is 4.03. The molecule has 0 aliphatic carbocycles. The van der Waals surface area contributed by atoms with Crippen LogP contribution >= 0.6 is 0 Å².